The third kappa shape index (κ3) is 3.93. The van der Waals surface area contributed by atoms with Gasteiger partial charge in [-0.3, -0.25) is 9.59 Å². The number of carbonyl (C=O) groups excluding carboxylic acids is 1. The Morgan fingerprint density at radius 3 is 2.95 bits per heavy atom. The first-order chi connectivity index (χ1) is 9.70. The second kappa shape index (κ2) is 7.24. The highest BCUT2D eigenvalue weighted by atomic mass is 16.2. The second-order valence-corrected chi connectivity index (χ2v) is 5.33. The first-order valence-corrected chi connectivity index (χ1v) is 7.42. The summed E-state index contributed by atoms with van der Waals surface area (Å²) in [4.78, 5) is 28.3. The molecule has 5 heteroatoms. The average Bonchev–Trinajstić information content (AvgIpc) is 2.95. The Kier molecular flexibility index (Phi) is 5.35. The van der Waals surface area contributed by atoms with Crippen molar-refractivity contribution in [3.63, 3.8) is 0 Å². The summed E-state index contributed by atoms with van der Waals surface area (Å²) in [5, 5.41) is 3.42. The van der Waals surface area contributed by atoms with Gasteiger partial charge < -0.3 is 15.2 Å². The topological polar surface area (TPSA) is 65.2 Å². The lowest BCUT2D eigenvalue weighted by molar-refractivity contribution is 0.0733. The van der Waals surface area contributed by atoms with Gasteiger partial charge in [-0.1, -0.05) is 19.4 Å². The lowest BCUT2D eigenvalue weighted by Crippen LogP contribution is -2.42. The number of carbonyl (C=O) groups is 1. The molecular weight excluding hydrogens is 254 g/mol. The number of nitrogens with zero attached hydrogens (tertiary/aromatic N) is 1. The van der Waals surface area contributed by atoms with Gasteiger partial charge in [0, 0.05) is 25.2 Å². The Bertz CT molecular complexity index is 492. The highest BCUT2D eigenvalue weighted by Crippen LogP contribution is 2.10. The van der Waals surface area contributed by atoms with E-state index in [0.29, 0.717) is 11.7 Å². The van der Waals surface area contributed by atoms with E-state index in [-0.39, 0.29) is 11.5 Å². The van der Waals surface area contributed by atoms with Crippen LogP contribution in [0.5, 0.6) is 0 Å². The zero-order chi connectivity index (χ0) is 14.4. The van der Waals surface area contributed by atoms with E-state index < -0.39 is 0 Å². The van der Waals surface area contributed by atoms with Gasteiger partial charge in [-0.05, 0) is 31.9 Å². The van der Waals surface area contributed by atoms with E-state index in [1.807, 2.05) is 4.90 Å². The average molecular weight is 277 g/mol. The monoisotopic (exact) mass is 277 g/mol. The van der Waals surface area contributed by atoms with Crippen molar-refractivity contribution in [3.8, 4) is 0 Å². The molecule has 1 unspecified atom stereocenters. The van der Waals surface area contributed by atoms with Crippen molar-refractivity contribution in [2.75, 3.05) is 19.6 Å². The van der Waals surface area contributed by atoms with Crippen molar-refractivity contribution in [3.05, 3.63) is 34.2 Å². The molecule has 1 aliphatic rings. The van der Waals surface area contributed by atoms with Crippen LogP contribution in [-0.2, 0) is 0 Å². The standard InChI is InChI=1S/C15H23N3O2/c1-2-3-10-18(11-12-6-5-9-16-12)15(20)13-7-4-8-14(19)17-13/h4,7-8,12,16H,2-3,5-6,9-11H2,1H3,(H,17,19). The summed E-state index contributed by atoms with van der Waals surface area (Å²) in [6.45, 7) is 4.60. The number of H-pyrrole nitrogens is 1. The maximum absolute atomic E-state index is 12.5. The van der Waals surface area contributed by atoms with E-state index in [9.17, 15) is 9.59 Å². The number of aromatic nitrogens is 1. The molecule has 1 aromatic heterocycles. The number of aromatic amines is 1. The number of amides is 1. The van der Waals surface area contributed by atoms with Crippen LogP contribution >= 0.6 is 0 Å². The molecule has 1 aromatic rings. The molecule has 1 amide bonds. The number of unbranched alkanes of at least 4 members (excludes halogenated alkanes) is 1. The summed E-state index contributed by atoms with van der Waals surface area (Å²) in [5.74, 6) is -0.0788. The van der Waals surface area contributed by atoms with E-state index in [4.69, 9.17) is 0 Å². The molecule has 2 N–H and O–H groups in total. The van der Waals surface area contributed by atoms with Gasteiger partial charge in [0.15, 0.2) is 0 Å². The third-order valence-electron chi connectivity index (χ3n) is 3.67. The lowest BCUT2D eigenvalue weighted by atomic mass is 10.2. The molecule has 0 saturated carbocycles. The van der Waals surface area contributed by atoms with Crippen LogP contribution in [0.4, 0.5) is 0 Å². The minimum atomic E-state index is -0.231. The zero-order valence-electron chi connectivity index (χ0n) is 12.0. The van der Waals surface area contributed by atoms with Crippen LogP contribution in [-0.4, -0.2) is 41.5 Å². The third-order valence-corrected chi connectivity index (χ3v) is 3.67. The molecule has 1 saturated heterocycles. The Morgan fingerprint density at radius 2 is 2.30 bits per heavy atom. The second-order valence-electron chi connectivity index (χ2n) is 5.33. The molecule has 0 aromatic carbocycles. The highest BCUT2D eigenvalue weighted by molar-refractivity contribution is 5.92. The summed E-state index contributed by atoms with van der Waals surface area (Å²) < 4.78 is 0. The molecule has 110 valence electrons. The summed E-state index contributed by atoms with van der Waals surface area (Å²) >= 11 is 0. The number of hydrogen-bond donors (Lipinski definition) is 2. The predicted molar refractivity (Wildman–Crippen MR) is 78.9 cm³/mol. The molecule has 1 fully saturated rings. The van der Waals surface area contributed by atoms with E-state index >= 15 is 0 Å². The molecule has 0 bridgehead atoms. The maximum atomic E-state index is 12.5. The normalized spacial score (nSPS) is 18.1. The summed E-state index contributed by atoms with van der Waals surface area (Å²) in [6.07, 6.45) is 4.31. The number of pyridine rings is 1. The summed E-state index contributed by atoms with van der Waals surface area (Å²) in [6, 6.07) is 5.10. The number of nitrogens with one attached hydrogen (secondary N) is 2. The van der Waals surface area contributed by atoms with Crippen molar-refractivity contribution < 1.29 is 4.79 Å². The van der Waals surface area contributed by atoms with Gasteiger partial charge in [-0.2, -0.15) is 0 Å². The first-order valence-electron chi connectivity index (χ1n) is 7.42. The smallest absolute Gasteiger partial charge is 0.270 e. The quantitative estimate of drug-likeness (QED) is 0.825. The van der Waals surface area contributed by atoms with Gasteiger partial charge in [-0.15, -0.1) is 0 Å². The number of hydrogen-bond acceptors (Lipinski definition) is 3. The Balaban J connectivity index is 2.07. The van der Waals surface area contributed by atoms with Crippen molar-refractivity contribution in [1.29, 1.82) is 0 Å². The maximum Gasteiger partial charge on any atom is 0.270 e. The fourth-order valence-electron chi connectivity index (χ4n) is 2.55. The Labute approximate surface area is 119 Å². The minimum absolute atomic E-state index is 0.0788. The van der Waals surface area contributed by atoms with Crippen LogP contribution in [0.3, 0.4) is 0 Å². The van der Waals surface area contributed by atoms with E-state index in [2.05, 4.69) is 17.2 Å². The van der Waals surface area contributed by atoms with Crippen LogP contribution < -0.4 is 10.9 Å². The minimum Gasteiger partial charge on any atom is -0.336 e. The van der Waals surface area contributed by atoms with E-state index in [0.717, 1.165) is 38.9 Å². The highest BCUT2D eigenvalue weighted by Gasteiger charge is 2.22. The molecule has 0 spiro atoms. The molecule has 0 radical (unpaired) electrons. The Morgan fingerprint density at radius 1 is 1.45 bits per heavy atom. The molecule has 1 atom stereocenters. The van der Waals surface area contributed by atoms with Gasteiger partial charge in [0.25, 0.3) is 5.91 Å². The van der Waals surface area contributed by atoms with Gasteiger partial charge in [0.05, 0.1) is 0 Å². The van der Waals surface area contributed by atoms with Crippen molar-refractivity contribution in [2.45, 2.75) is 38.6 Å². The Hall–Kier alpha value is -1.62. The van der Waals surface area contributed by atoms with Crippen LogP contribution in [0.2, 0.25) is 0 Å². The van der Waals surface area contributed by atoms with E-state index in [1.165, 1.54) is 12.5 Å². The molecule has 20 heavy (non-hydrogen) atoms. The van der Waals surface area contributed by atoms with Gasteiger partial charge >= 0.3 is 0 Å². The fraction of sp³-hybridized carbons (Fsp3) is 0.600. The van der Waals surface area contributed by atoms with Crippen LogP contribution in [0.1, 0.15) is 43.1 Å². The molecular formula is C15H23N3O2. The summed E-state index contributed by atoms with van der Waals surface area (Å²) in [5.41, 5.74) is 0.150. The number of rotatable bonds is 6. The van der Waals surface area contributed by atoms with Crippen molar-refractivity contribution in [2.24, 2.45) is 0 Å². The lowest BCUT2D eigenvalue weighted by Gasteiger charge is -2.25. The first kappa shape index (κ1) is 14.8. The van der Waals surface area contributed by atoms with Gasteiger partial charge in [-0.25, -0.2) is 0 Å². The molecule has 5 nitrogen and oxygen atoms in total. The fourth-order valence-corrected chi connectivity index (χ4v) is 2.55. The van der Waals surface area contributed by atoms with Crippen molar-refractivity contribution >= 4 is 5.91 Å². The summed E-state index contributed by atoms with van der Waals surface area (Å²) in [7, 11) is 0. The van der Waals surface area contributed by atoms with Crippen LogP contribution in [0, 0.1) is 0 Å². The van der Waals surface area contributed by atoms with Gasteiger partial charge in [0.2, 0.25) is 5.56 Å². The van der Waals surface area contributed by atoms with Gasteiger partial charge in [0.1, 0.15) is 5.69 Å². The van der Waals surface area contributed by atoms with Crippen LogP contribution in [0.25, 0.3) is 0 Å². The van der Waals surface area contributed by atoms with Crippen LogP contribution in [0.15, 0.2) is 23.0 Å². The SMILES string of the molecule is CCCCN(CC1CCCN1)C(=O)c1cccc(=O)[nH]1. The van der Waals surface area contributed by atoms with E-state index in [1.54, 1.807) is 12.1 Å². The molecule has 2 rings (SSSR count). The molecule has 2 heterocycles. The van der Waals surface area contributed by atoms with Crippen molar-refractivity contribution in [1.82, 2.24) is 15.2 Å². The largest absolute Gasteiger partial charge is 0.336 e. The molecule has 1 aliphatic heterocycles. The molecule has 0 aliphatic carbocycles. The zero-order valence-corrected chi connectivity index (χ0v) is 12.0. The predicted octanol–water partition coefficient (Wildman–Crippen LogP) is 1.37.